The SMILES string of the molecule is CC1=C(/N=C\N)NCC1C(=O)c1ccc(Oc2ccccc2)cc1Cl.CNC(CCCCCCCCN1CCN(C)CC1)CCNC=O.COc1ccc(C=O)cc1N(C)CCC(=O)NC=O. The Bertz CT molecular complexity index is 2030. The van der Waals surface area contributed by atoms with E-state index in [9.17, 15) is 24.0 Å². The molecule has 0 bridgehead atoms. The Labute approximate surface area is 402 Å². The molecule has 2 aliphatic heterocycles. The molecule has 3 aromatic carbocycles. The number of nitrogens with one attached hydrogen (secondary N) is 4. The third-order valence-corrected chi connectivity index (χ3v) is 12.0. The third kappa shape index (κ3) is 20.3. The van der Waals surface area contributed by atoms with E-state index in [1.807, 2.05) is 44.3 Å². The van der Waals surface area contributed by atoms with Gasteiger partial charge in [-0.25, -0.2) is 4.99 Å². The van der Waals surface area contributed by atoms with Crippen LogP contribution < -0.4 is 41.4 Å². The number of carbonyl (C=O) groups excluding carboxylic acids is 5. The van der Waals surface area contributed by atoms with Crippen LogP contribution in [0, 0.1) is 5.92 Å². The van der Waals surface area contributed by atoms with Gasteiger partial charge in [-0.15, -0.1) is 0 Å². The third-order valence-electron chi connectivity index (χ3n) is 11.7. The van der Waals surface area contributed by atoms with Crippen molar-refractivity contribution < 1.29 is 33.4 Å². The number of Topliss-reactive ketones (excluding diaryl/α,β-unsaturated/α-hetero) is 1. The van der Waals surface area contributed by atoms with Crippen molar-refractivity contribution >= 4 is 54.4 Å². The van der Waals surface area contributed by atoms with Gasteiger partial charge in [-0.2, -0.15) is 0 Å². The first kappa shape index (κ1) is 55.5. The van der Waals surface area contributed by atoms with E-state index in [2.05, 4.69) is 43.1 Å². The Kier molecular flexibility index (Phi) is 26.5. The zero-order valence-corrected chi connectivity index (χ0v) is 40.7. The van der Waals surface area contributed by atoms with Gasteiger partial charge in [0, 0.05) is 82.5 Å². The van der Waals surface area contributed by atoms with E-state index >= 15 is 0 Å². The molecule has 2 atom stereocenters. The maximum absolute atomic E-state index is 12.8. The monoisotopic (exact) mass is 946 g/mol. The molecule has 16 nitrogen and oxygen atoms in total. The van der Waals surface area contributed by atoms with E-state index in [0.29, 0.717) is 70.4 Å². The minimum Gasteiger partial charge on any atom is -0.495 e. The van der Waals surface area contributed by atoms with Crippen LogP contribution in [0.15, 0.2) is 83.1 Å². The van der Waals surface area contributed by atoms with Crippen LogP contribution in [0.4, 0.5) is 5.69 Å². The second-order valence-corrected chi connectivity index (χ2v) is 16.9. The predicted octanol–water partition coefficient (Wildman–Crippen LogP) is 6.05. The summed E-state index contributed by atoms with van der Waals surface area (Å²) in [5, 5.41) is 11.6. The van der Waals surface area contributed by atoms with Gasteiger partial charge in [0.15, 0.2) is 5.78 Å². The number of amides is 3. The summed E-state index contributed by atoms with van der Waals surface area (Å²) in [6.45, 7) is 9.78. The summed E-state index contributed by atoms with van der Waals surface area (Å²) in [6.07, 6.45) is 13.6. The van der Waals surface area contributed by atoms with Gasteiger partial charge < -0.3 is 45.9 Å². The van der Waals surface area contributed by atoms with Crippen LogP contribution in [0.2, 0.25) is 5.02 Å². The van der Waals surface area contributed by atoms with Crippen molar-refractivity contribution in [1.29, 1.82) is 0 Å². The number of ketones is 1. The van der Waals surface area contributed by atoms with Gasteiger partial charge in [-0.05, 0) is 94.9 Å². The second-order valence-electron chi connectivity index (χ2n) is 16.5. The van der Waals surface area contributed by atoms with E-state index < -0.39 is 0 Å². The van der Waals surface area contributed by atoms with Crippen molar-refractivity contribution in [3.05, 3.63) is 94.3 Å². The lowest BCUT2D eigenvalue weighted by molar-refractivity contribution is -0.125. The summed E-state index contributed by atoms with van der Waals surface area (Å²) in [6, 6.07) is 20.1. The van der Waals surface area contributed by atoms with Gasteiger partial charge in [-0.3, -0.25) is 29.3 Å². The fourth-order valence-corrected chi connectivity index (χ4v) is 7.86. The van der Waals surface area contributed by atoms with Crippen molar-refractivity contribution in [3.63, 3.8) is 0 Å². The number of ether oxygens (including phenoxy) is 2. The molecule has 5 rings (SSSR count). The minimum absolute atomic E-state index is 0.0523. The fraction of sp³-hybridized carbons (Fsp3) is 0.480. The largest absolute Gasteiger partial charge is 0.495 e. The number of imide groups is 1. The number of hydrogen-bond donors (Lipinski definition) is 5. The predicted molar refractivity (Wildman–Crippen MR) is 267 cm³/mol. The first-order valence-electron chi connectivity index (χ1n) is 23.1. The number of hydrogen-bond acceptors (Lipinski definition) is 13. The number of aliphatic imine (C=N–C) groups is 1. The maximum atomic E-state index is 12.8. The van der Waals surface area contributed by atoms with Crippen molar-refractivity contribution in [2.24, 2.45) is 16.6 Å². The number of nitrogens with zero attached hydrogens (tertiary/aromatic N) is 4. The number of unbranched alkanes of at least 4 members (excludes halogenated alkanes) is 5. The number of rotatable bonds is 26. The van der Waals surface area contributed by atoms with E-state index in [0.717, 1.165) is 31.2 Å². The molecule has 0 spiro atoms. The molecule has 1 saturated heterocycles. The number of piperazine rings is 1. The van der Waals surface area contributed by atoms with Crippen molar-refractivity contribution in [2.75, 3.05) is 85.5 Å². The molecule has 2 heterocycles. The Morgan fingerprint density at radius 1 is 0.940 bits per heavy atom. The van der Waals surface area contributed by atoms with Gasteiger partial charge in [0.2, 0.25) is 18.7 Å². The summed E-state index contributed by atoms with van der Waals surface area (Å²) in [4.78, 5) is 66.0. The van der Waals surface area contributed by atoms with E-state index in [1.54, 1.807) is 48.3 Å². The molecule has 3 aromatic rings. The van der Waals surface area contributed by atoms with Gasteiger partial charge >= 0.3 is 0 Å². The van der Waals surface area contributed by atoms with Crippen LogP contribution in [-0.2, 0) is 14.4 Å². The number of para-hydroxylation sites is 1. The number of nitrogens with two attached hydrogens (primary N) is 1. The molecule has 0 aromatic heterocycles. The van der Waals surface area contributed by atoms with Crippen LogP contribution in [-0.4, -0.2) is 134 Å². The van der Waals surface area contributed by atoms with E-state index in [-0.39, 0.29) is 24.0 Å². The number of carbonyl (C=O) groups is 5. The summed E-state index contributed by atoms with van der Waals surface area (Å²) in [5.41, 5.74) is 7.88. The summed E-state index contributed by atoms with van der Waals surface area (Å²) < 4.78 is 10.9. The zero-order chi connectivity index (χ0) is 48.8. The molecular formula is C50H72ClN9O7. The number of likely N-dealkylation sites (N-methyl/N-ethyl adjacent to an activating group) is 1. The smallest absolute Gasteiger partial charge is 0.228 e. The molecule has 2 unspecified atom stereocenters. The van der Waals surface area contributed by atoms with Crippen LogP contribution in [0.3, 0.4) is 0 Å². The minimum atomic E-state index is -0.354. The molecule has 366 valence electrons. The van der Waals surface area contributed by atoms with Gasteiger partial charge in [0.25, 0.3) is 0 Å². The summed E-state index contributed by atoms with van der Waals surface area (Å²) >= 11 is 6.33. The van der Waals surface area contributed by atoms with E-state index in [1.165, 1.54) is 91.1 Å². The Hall–Kier alpha value is -5.81. The quantitative estimate of drug-likeness (QED) is 0.0205. The Balaban J connectivity index is 0.000000269. The number of anilines is 1. The van der Waals surface area contributed by atoms with Crippen LogP contribution in [0.5, 0.6) is 17.2 Å². The molecule has 2 aliphatic rings. The number of halogens is 1. The molecule has 0 radical (unpaired) electrons. The standard InChI is InChI=1S/C19H18ClN3O2.C18H38N4O.C13H16N2O4/c1-12-16(10-22-19(12)23-11-21)18(24)15-8-7-14(9-17(15)20)25-13-5-3-2-4-6-13;1-19-18(10-11-20-17-23)9-7-5-3-4-6-8-12-22-15-13-21(2)14-16-22;1-15(6-5-13(18)14-9-17)11-7-10(8-16)3-4-12(11)19-2/h2-9,11,16,22H,10H2,1H3,(H2,21,23);17-19H,3-16H2,1-2H3,(H,20,23);3-4,7-9H,5-6H2,1-2H3,(H,14,17,18). The number of aldehydes is 1. The normalized spacial score (nSPS) is 15.2. The zero-order valence-electron chi connectivity index (χ0n) is 39.9. The molecule has 6 N–H and O–H groups in total. The first-order chi connectivity index (χ1) is 32.5. The number of benzene rings is 3. The highest BCUT2D eigenvalue weighted by molar-refractivity contribution is 6.34. The van der Waals surface area contributed by atoms with Crippen molar-refractivity contribution in [1.82, 2.24) is 31.1 Å². The highest BCUT2D eigenvalue weighted by Crippen LogP contribution is 2.32. The highest BCUT2D eigenvalue weighted by atomic mass is 35.5. The van der Waals surface area contributed by atoms with Gasteiger partial charge in [-0.1, -0.05) is 61.9 Å². The maximum Gasteiger partial charge on any atom is 0.228 e. The molecule has 0 aliphatic carbocycles. The molecule has 0 saturated carbocycles. The lowest BCUT2D eigenvalue weighted by Crippen LogP contribution is -2.44. The van der Waals surface area contributed by atoms with Crippen molar-refractivity contribution in [2.45, 2.75) is 70.8 Å². The topological polar surface area (TPSA) is 200 Å². The van der Waals surface area contributed by atoms with Crippen molar-refractivity contribution in [3.8, 4) is 17.2 Å². The number of methoxy groups -OCH3 is 1. The summed E-state index contributed by atoms with van der Waals surface area (Å²) in [5.74, 6) is 1.83. The first-order valence-corrected chi connectivity index (χ1v) is 23.4. The van der Waals surface area contributed by atoms with Gasteiger partial charge in [0.05, 0.1) is 30.1 Å². The van der Waals surface area contributed by atoms with Crippen LogP contribution >= 0.6 is 11.6 Å². The van der Waals surface area contributed by atoms with Gasteiger partial charge in [0.1, 0.15) is 29.4 Å². The molecule has 1 fully saturated rings. The Morgan fingerprint density at radius 2 is 1.66 bits per heavy atom. The lowest BCUT2D eigenvalue weighted by Gasteiger charge is -2.32. The second kappa shape index (κ2) is 32.0. The Morgan fingerprint density at radius 3 is 2.30 bits per heavy atom. The molecular weight excluding hydrogens is 874 g/mol. The highest BCUT2D eigenvalue weighted by Gasteiger charge is 2.30. The molecule has 3 amide bonds. The fourth-order valence-electron chi connectivity index (χ4n) is 7.60. The molecule has 17 heteroatoms. The van der Waals surface area contributed by atoms with Crippen LogP contribution in [0.25, 0.3) is 0 Å². The average molecular weight is 947 g/mol. The lowest BCUT2D eigenvalue weighted by atomic mass is 9.93. The van der Waals surface area contributed by atoms with Crippen LogP contribution in [0.1, 0.15) is 85.4 Å². The average Bonchev–Trinajstić information content (AvgIpc) is 3.71. The summed E-state index contributed by atoms with van der Waals surface area (Å²) in [7, 11) is 7.55. The van der Waals surface area contributed by atoms with E-state index in [4.69, 9.17) is 26.8 Å². The molecule has 67 heavy (non-hydrogen) atoms.